The van der Waals surface area contributed by atoms with Gasteiger partial charge in [0, 0.05) is 23.3 Å². The Labute approximate surface area is 177 Å². The molecule has 5 rings (SSSR count). The Bertz CT molecular complexity index is 1380. The summed E-state index contributed by atoms with van der Waals surface area (Å²) in [6.07, 6.45) is 6.08. The number of carbonyl (C=O) groups excluding carboxylic acids is 1. The molecule has 0 fully saturated rings. The first-order chi connectivity index (χ1) is 15.1. The Hall–Kier alpha value is -4.14. The number of tetrazole rings is 1. The van der Waals surface area contributed by atoms with E-state index in [0.717, 1.165) is 27.6 Å². The van der Waals surface area contributed by atoms with Crippen LogP contribution in [0.2, 0.25) is 0 Å². The molecular formula is C22H19N7O2. The molecule has 0 saturated heterocycles. The smallest absolute Gasteiger partial charge is 0.274 e. The lowest BCUT2D eigenvalue weighted by molar-refractivity contribution is 0.0711. The summed E-state index contributed by atoms with van der Waals surface area (Å²) in [4.78, 5) is 23.1. The molecule has 0 aliphatic heterocycles. The lowest BCUT2D eigenvalue weighted by Gasteiger charge is -2.22. The van der Waals surface area contributed by atoms with Gasteiger partial charge in [-0.15, -0.1) is 5.10 Å². The maximum atomic E-state index is 13.2. The van der Waals surface area contributed by atoms with E-state index in [1.807, 2.05) is 19.1 Å². The van der Waals surface area contributed by atoms with E-state index in [4.69, 9.17) is 4.42 Å². The zero-order valence-electron chi connectivity index (χ0n) is 17.1. The zero-order valence-corrected chi connectivity index (χ0v) is 17.1. The van der Waals surface area contributed by atoms with Crippen LogP contribution in [0.1, 0.15) is 32.9 Å². The molecule has 0 atom stereocenters. The van der Waals surface area contributed by atoms with Gasteiger partial charge in [-0.25, -0.2) is 4.98 Å². The summed E-state index contributed by atoms with van der Waals surface area (Å²) in [6.45, 7) is 4.65. The Morgan fingerprint density at radius 1 is 1.16 bits per heavy atom. The number of pyridine rings is 1. The highest BCUT2D eigenvalue weighted by atomic mass is 16.3. The highest BCUT2D eigenvalue weighted by Crippen LogP contribution is 2.25. The van der Waals surface area contributed by atoms with E-state index < -0.39 is 0 Å². The number of carbonyl (C=O) groups is 1. The molecule has 1 aromatic carbocycles. The quantitative estimate of drug-likeness (QED) is 0.436. The van der Waals surface area contributed by atoms with Crippen LogP contribution in [-0.4, -0.2) is 40.8 Å². The van der Waals surface area contributed by atoms with Gasteiger partial charge in [0.2, 0.25) is 0 Å². The van der Waals surface area contributed by atoms with Gasteiger partial charge in [0.05, 0.1) is 31.1 Å². The SMILES string of the molecule is Cc1cc(C)c2c(c1)cc(CN(Cc1ccco1)C(=O)c1cnccn1)c1nnnn12. The number of hydrogen-bond donors (Lipinski definition) is 0. The van der Waals surface area contributed by atoms with Gasteiger partial charge in [-0.05, 0) is 54.1 Å². The summed E-state index contributed by atoms with van der Waals surface area (Å²) < 4.78 is 7.22. The van der Waals surface area contributed by atoms with E-state index in [9.17, 15) is 4.79 Å². The molecule has 4 heterocycles. The summed E-state index contributed by atoms with van der Waals surface area (Å²) in [6, 6.07) is 9.86. The van der Waals surface area contributed by atoms with E-state index in [2.05, 4.69) is 44.5 Å². The van der Waals surface area contributed by atoms with E-state index >= 15 is 0 Å². The van der Waals surface area contributed by atoms with E-state index in [0.29, 0.717) is 11.4 Å². The van der Waals surface area contributed by atoms with Gasteiger partial charge in [-0.2, -0.15) is 4.52 Å². The molecule has 0 bridgehead atoms. The van der Waals surface area contributed by atoms with Gasteiger partial charge in [0.15, 0.2) is 5.65 Å². The monoisotopic (exact) mass is 413 g/mol. The molecule has 9 heteroatoms. The van der Waals surface area contributed by atoms with Crippen molar-refractivity contribution in [2.24, 2.45) is 0 Å². The van der Waals surface area contributed by atoms with Gasteiger partial charge in [0.1, 0.15) is 11.5 Å². The molecule has 0 unspecified atom stereocenters. The summed E-state index contributed by atoms with van der Waals surface area (Å²) in [5, 5.41) is 13.3. The van der Waals surface area contributed by atoms with E-state index in [-0.39, 0.29) is 24.7 Å². The number of hydrogen-bond acceptors (Lipinski definition) is 7. The molecule has 5 aromatic rings. The third-order valence-electron chi connectivity index (χ3n) is 5.13. The lowest BCUT2D eigenvalue weighted by Crippen LogP contribution is -2.31. The van der Waals surface area contributed by atoms with Crippen molar-refractivity contribution in [1.82, 2.24) is 34.9 Å². The highest BCUT2D eigenvalue weighted by molar-refractivity contribution is 5.92. The normalized spacial score (nSPS) is 11.3. The zero-order chi connectivity index (χ0) is 21.4. The topological polar surface area (TPSA) is 102 Å². The van der Waals surface area contributed by atoms with Crippen molar-refractivity contribution in [1.29, 1.82) is 0 Å². The van der Waals surface area contributed by atoms with Gasteiger partial charge in [0.25, 0.3) is 5.91 Å². The van der Waals surface area contributed by atoms with Crippen LogP contribution >= 0.6 is 0 Å². The molecule has 0 spiro atoms. The Balaban J connectivity index is 1.61. The van der Waals surface area contributed by atoms with Crippen molar-refractivity contribution in [3.05, 3.63) is 83.3 Å². The third-order valence-corrected chi connectivity index (χ3v) is 5.13. The number of furan rings is 1. The summed E-state index contributed by atoms with van der Waals surface area (Å²) >= 11 is 0. The number of benzene rings is 1. The highest BCUT2D eigenvalue weighted by Gasteiger charge is 2.22. The van der Waals surface area contributed by atoms with Crippen LogP contribution < -0.4 is 0 Å². The number of fused-ring (bicyclic) bond motifs is 3. The molecule has 0 N–H and O–H groups in total. The molecule has 9 nitrogen and oxygen atoms in total. The third kappa shape index (κ3) is 3.50. The predicted octanol–water partition coefficient (Wildman–Crippen LogP) is 3.12. The second-order valence-corrected chi connectivity index (χ2v) is 7.43. The van der Waals surface area contributed by atoms with Crippen molar-refractivity contribution in [3.8, 4) is 0 Å². The summed E-state index contributed by atoms with van der Waals surface area (Å²) in [7, 11) is 0. The molecular weight excluding hydrogens is 394 g/mol. The summed E-state index contributed by atoms with van der Waals surface area (Å²) in [5.41, 5.74) is 4.87. The van der Waals surface area contributed by atoms with Crippen LogP contribution in [0.3, 0.4) is 0 Å². The minimum atomic E-state index is -0.254. The molecule has 0 aliphatic rings. The Morgan fingerprint density at radius 3 is 2.84 bits per heavy atom. The number of rotatable bonds is 5. The van der Waals surface area contributed by atoms with Gasteiger partial charge in [-0.3, -0.25) is 9.78 Å². The number of amides is 1. The van der Waals surface area contributed by atoms with Crippen molar-refractivity contribution >= 4 is 22.5 Å². The second kappa shape index (κ2) is 7.60. The summed E-state index contributed by atoms with van der Waals surface area (Å²) in [5.74, 6) is 0.413. The first kappa shape index (κ1) is 18.9. The fraction of sp³-hybridized carbons (Fsp3) is 0.182. The molecule has 0 radical (unpaired) electrons. The lowest BCUT2D eigenvalue weighted by atomic mass is 10.0. The fourth-order valence-electron chi connectivity index (χ4n) is 3.87. The maximum absolute atomic E-state index is 13.2. The van der Waals surface area contributed by atoms with Gasteiger partial charge in [-0.1, -0.05) is 11.6 Å². The Kier molecular flexibility index (Phi) is 4.62. The fourth-order valence-corrected chi connectivity index (χ4v) is 3.87. The molecule has 31 heavy (non-hydrogen) atoms. The van der Waals surface area contributed by atoms with Crippen LogP contribution in [0.25, 0.3) is 16.6 Å². The van der Waals surface area contributed by atoms with Crippen molar-refractivity contribution in [2.45, 2.75) is 26.9 Å². The number of nitrogens with zero attached hydrogens (tertiary/aromatic N) is 7. The van der Waals surface area contributed by atoms with Crippen LogP contribution in [-0.2, 0) is 13.1 Å². The van der Waals surface area contributed by atoms with Gasteiger partial charge < -0.3 is 9.32 Å². The first-order valence-corrected chi connectivity index (χ1v) is 9.79. The van der Waals surface area contributed by atoms with Crippen LogP contribution in [0.5, 0.6) is 0 Å². The van der Waals surface area contributed by atoms with Crippen molar-refractivity contribution < 1.29 is 9.21 Å². The predicted molar refractivity (Wildman–Crippen MR) is 112 cm³/mol. The van der Waals surface area contributed by atoms with Gasteiger partial charge >= 0.3 is 0 Å². The minimum absolute atomic E-state index is 0.254. The van der Waals surface area contributed by atoms with E-state index in [1.54, 1.807) is 21.7 Å². The maximum Gasteiger partial charge on any atom is 0.274 e. The van der Waals surface area contributed by atoms with Crippen LogP contribution in [0.15, 0.2) is 59.6 Å². The standard InChI is InChI=1S/C22H19N7O2/c1-14-8-15(2)20-16(9-14)10-17(21-25-26-27-29(20)21)12-28(13-18-4-3-7-31-18)22(30)19-11-23-5-6-24-19/h3-11H,12-13H2,1-2H3. The average molecular weight is 413 g/mol. The van der Waals surface area contributed by atoms with E-state index in [1.165, 1.54) is 18.6 Å². The number of aromatic nitrogens is 6. The average Bonchev–Trinajstić information content (AvgIpc) is 3.45. The Morgan fingerprint density at radius 2 is 2.06 bits per heavy atom. The second-order valence-electron chi connectivity index (χ2n) is 7.43. The molecule has 0 aliphatic carbocycles. The van der Waals surface area contributed by atoms with Crippen molar-refractivity contribution in [2.75, 3.05) is 0 Å². The largest absolute Gasteiger partial charge is 0.467 e. The van der Waals surface area contributed by atoms with Crippen LogP contribution in [0.4, 0.5) is 0 Å². The molecule has 0 saturated carbocycles. The van der Waals surface area contributed by atoms with Crippen LogP contribution in [0, 0.1) is 13.8 Å². The molecule has 4 aromatic heterocycles. The molecule has 154 valence electrons. The number of aryl methyl sites for hydroxylation is 2. The van der Waals surface area contributed by atoms with Crippen molar-refractivity contribution in [3.63, 3.8) is 0 Å². The molecule has 1 amide bonds. The first-order valence-electron chi connectivity index (χ1n) is 9.79. The minimum Gasteiger partial charge on any atom is -0.467 e.